The largest absolute Gasteiger partial charge is 0.492 e. The second-order valence-electron chi connectivity index (χ2n) is 5.26. The number of para-hydroxylation sites is 2. The Morgan fingerprint density at radius 3 is 2.61 bits per heavy atom. The summed E-state index contributed by atoms with van der Waals surface area (Å²) >= 11 is 5.89. The molecular formula is C18H22ClN2O2+. The molecule has 2 aromatic rings. The molecule has 0 fully saturated rings. The minimum atomic E-state index is -0.0574. The Morgan fingerprint density at radius 2 is 1.91 bits per heavy atom. The number of hydrogen-bond donors (Lipinski definition) is 2. The highest BCUT2D eigenvalue weighted by Crippen LogP contribution is 2.23. The van der Waals surface area contributed by atoms with Gasteiger partial charge in [0.05, 0.1) is 12.3 Å². The van der Waals surface area contributed by atoms with Crippen LogP contribution in [0.2, 0.25) is 5.02 Å². The van der Waals surface area contributed by atoms with E-state index in [2.05, 4.69) is 12.2 Å². The van der Waals surface area contributed by atoms with Gasteiger partial charge in [-0.1, -0.05) is 35.9 Å². The van der Waals surface area contributed by atoms with Crippen molar-refractivity contribution in [2.75, 3.05) is 18.5 Å². The van der Waals surface area contributed by atoms with Crippen LogP contribution in [0.4, 0.5) is 5.69 Å². The molecule has 0 saturated carbocycles. The smallest absolute Gasteiger partial charge is 0.279 e. The second kappa shape index (κ2) is 8.56. The van der Waals surface area contributed by atoms with Crippen LogP contribution in [0.25, 0.3) is 0 Å². The van der Waals surface area contributed by atoms with Gasteiger partial charge in [-0.15, -0.1) is 0 Å². The maximum atomic E-state index is 12.1. The summed E-state index contributed by atoms with van der Waals surface area (Å²) in [6, 6.07) is 15.3. The van der Waals surface area contributed by atoms with Crippen molar-refractivity contribution in [3.63, 3.8) is 0 Å². The summed E-state index contributed by atoms with van der Waals surface area (Å²) in [7, 11) is 0. The molecule has 0 aliphatic heterocycles. The zero-order valence-corrected chi connectivity index (χ0v) is 14.1. The van der Waals surface area contributed by atoms with Gasteiger partial charge in [0.1, 0.15) is 11.8 Å². The lowest BCUT2D eigenvalue weighted by Crippen LogP contribution is -2.86. The van der Waals surface area contributed by atoms with E-state index in [9.17, 15) is 4.79 Å². The topological polar surface area (TPSA) is 54.9 Å². The number of anilines is 1. The number of hydrogen-bond acceptors (Lipinski definition) is 2. The van der Waals surface area contributed by atoms with Crippen LogP contribution in [0, 0.1) is 0 Å². The molecule has 1 amide bonds. The van der Waals surface area contributed by atoms with Crippen molar-refractivity contribution in [2.45, 2.75) is 19.9 Å². The lowest BCUT2D eigenvalue weighted by molar-refractivity contribution is -0.682. The Hall–Kier alpha value is -2.04. The monoisotopic (exact) mass is 333 g/mol. The number of carbonyl (C=O) groups is 1. The van der Waals surface area contributed by atoms with Crippen molar-refractivity contribution in [2.24, 2.45) is 0 Å². The van der Waals surface area contributed by atoms with Crippen LogP contribution in [0.1, 0.15) is 25.5 Å². The molecule has 0 aromatic heterocycles. The number of nitrogens with two attached hydrogens (primary N) is 1. The van der Waals surface area contributed by atoms with E-state index in [0.717, 1.165) is 5.56 Å². The summed E-state index contributed by atoms with van der Waals surface area (Å²) in [5, 5.41) is 5.60. The first-order chi connectivity index (χ1) is 11.1. The summed E-state index contributed by atoms with van der Waals surface area (Å²) in [6.07, 6.45) is 0. The van der Waals surface area contributed by atoms with Gasteiger partial charge >= 0.3 is 0 Å². The number of amides is 1. The third kappa shape index (κ3) is 5.27. The van der Waals surface area contributed by atoms with E-state index in [1.807, 2.05) is 60.8 Å². The van der Waals surface area contributed by atoms with E-state index in [1.165, 1.54) is 0 Å². The number of rotatable bonds is 7. The van der Waals surface area contributed by atoms with Crippen molar-refractivity contribution >= 4 is 23.2 Å². The fraction of sp³-hybridized carbons (Fsp3) is 0.278. The molecular weight excluding hydrogens is 312 g/mol. The minimum Gasteiger partial charge on any atom is -0.492 e. The van der Waals surface area contributed by atoms with Crippen LogP contribution in [0.5, 0.6) is 5.75 Å². The molecule has 0 radical (unpaired) electrons. The molecule has 0 saturated heterocycles. The van der Waals surface area contributed by atoms with Crippen LogP contribution >= 0.6 is 11.6 Å². The standard InChI is InChI=1S/C18H21ClN2O2/c1-3-23-17-7-5-4-6-16(17)21-18(22)12-20-13(2)14-8-10-15(19)11-9-14/h4-11,13,20H,3,12H2,1-2H3,(H,21,22)/p+1/t13-/m0/s1. The van der Waals surface area contributed by atoms with Gasteiger partial charge in [-0.25, -0.2) is 0 Å². The molecule has 0 unspecified atom stereocenters. The third-order valence-electron chi connectivity index (χ3n) is 3.51. The normalized spacial score (nSPS) is 11.8. The van der Waals surface area contributed by atoms with Gasteiger partial charge in [0.25, 0.3) is 5.91 Å². The summed E-state index contributed by atoms with van der Waals surface area (Å²) in [4.78, 5) is 12.1. The van der Waals surface area contributed by atoms with Gasteiger partial charge in [-0.2, -0.15) is 0 Å². The Kier molecular flexibility index (Phi) is 6.44. The average Bonchev–Trinajstić information content (AvgIpc) is 2.55. The maximum absolute atomic E-state index is 12.1. The Balaban J connectivity index is 1.89. The van der Waals surface area contributed by atoms with Crippen molar-refractivity contribution in [3.8, 4) is 5.75 Å². The minimum absolute atomic E-state index is 0.0574. The Bertz CT molecular complexity index is 644. The third-order valence-corrected chi connectivity index (χ3v) is 3.77. The van der Waals surface area contributed by atoms with E-state index in [4.69, 9.17) is 16.3 Å². The quantitative estimate of drug-likeness (QED) is 0.818. The van der Waals surface area contributed by atoms with Gasteiger partial charge in [-0.05, 0) is 38.1 Å². The molecule has 5 heteroatoms. The van der Waals surface area contributed by atoms with Crippen molar-refractivity contribution in [3.05, 3.63) is 59.1 Å². The van der Waals surface area contributed by atoms with E-state index < -0.39 is 0 Å². The van der Waals surface area contributed by atoms with Gasteiger partial charge in [0.15, 0.2) is 6.54 Å². The molecule has 0 spiro atoms. The van der Waals surface area contributed by atoms with Crippen LogP contribution in [0.15, 0.2) is 48.5 Å². The van der Waals surface area contributed by atoms with E-state index in [1.54, 1.807) is 0 Å². The predicted molar refractivity (Wildman–Crippen MR) is 92.9 cm³/mol. The number of nitrogens with one attached hydrogen (secondary N) is 1. The molecule has 4 nitrogen and oxygen atoms in total. The first kappa shape index (κ1) is 17.3. The lowest BCUT2D eigenvalue weighted by atomic mass is 10.1. The number of ether oxygens (including phenoxy) is 1. The lowest BCUT2D eigenvalue weighted by Gasteiger charge is -2.13. The van der Waals surface area contributed by atoms with Crippen LogP contribution in [-0.2, 0) is 4.79 Å². The van der Waals surface area contributed by atoms with Gasteiger partial charge in [-0.3, -0.25) is 4.79 Å². The maximum Gasteiger partial charge on any atom is 0.279 e. The van der Waals surface area contributed by atoms with E-state index in [-0.39, 0.29) is 11.9 Å². The molecule has 2 rings (SSSR count). The number of carbonyl (C=O) groups excluding carboxylic acids is 1. The zero-order chi connectivity index (χ0) is 16.7. The molecule has 0 aliphatic carbocycles. The SMILES string of the molecule is CCOc1ccccc1NC(=O)C[NH2+][C@@H](C)c1ccc(Cl)cc1. The molecule has 1 atom stereocenters. The summed E-state index contributed by atoms with van der Waals surface area (Å²) in [6.45, 7) is 4.88. The van der Waals surface area contributed by atoms with Crippen molar-refractivity contribution in [1.82, 2.24) is 0 Å². The average molecular weight is 334 g/mol. The molecule has 0 heterocycles. The van der Waals surface area contributed by atoms with E-state index in [0.29, 0.717) is 29.6 Å². The van der Waals surface area contributed by atoms with Crippen LogP contribution in [0.3, 0.4) is 0 Å². The Morgan fingerprint density at radius 1 is 1.22 bits per heavy atom. The van der Waals surface area contributed by atoms with E-state index >= 15 is 0 Å². The summed E-state index contributed by atoms with van der Waals surface area (Å²) in [5.74, 6) is 0.632. The molecule has 3 N–H and O–H groups in total. The molecule has 2 aromatic carbocycles. The first-order valence-corrected chi connectivity index (χ1v) is 8.08. The summed E-state index contributed by atoms with van der Waals surface area (Å²) < 4.78 is 5.51. The summed E-state index contributed by atoms with van der Waals surface area (Å²) in [5.41, 5.74) is 1.84. The van der Waals surface area contributed by atoms with Gasteiger partial charge in [0, 0.05) is 10.6 Å². The molecule has 23 heavy (non-hydrogen) atoms. The molecule has 0 bridgehead atoms. The molecule has 0 aliphatic rings. The van der Waals surface area contributed by atoms with Crippen LogP contribution < -0.4 is 15.4 Å². The number of halogens is 1. The van der Waals surface area contributed by atoms with Crippen molar-refractivity contribution < 1.29 is 14.8 Å². The zero-order valence-electron chi connectivity index (χ0n) is 13.4. The van der Waals surface area contributed by atoms with Crippen LogP contribution in [-0.4, -0.2) is 19.1 Å². The van der Waals surface area contributed by atoms with Gasteiger partial charge < -0.3 is 15.4 Å². The highest BCUT2D eigenvalue weighted by atomic mass is 35.5. The van der Waals surface area contributed by atoms with Crippen molar-refractivity contribution in [1.29, 1.82) is 0 Å². The highest BCUT2D eigenvalue weighted by Gasteiger charge is 2.13. The first-order valence-electron chi connectivity index (χ1n) is 7.70. The second-order valence-corrected chi connectivity index (χ2v) is 5.69. The fourth-order valence-electron chi connectivity index (χ4n) is 2.24. The number of quaternary nitrogens is 1. The highest BCUT2D eigenvalue weighted by molar-refractivity contribution is 6.30. The predicted octanol–water partition coefficient (Wildman–Crippen LogP) is 3.00. The van der Waals surface area contributed by atoms with Gasteiger partial charge in [0.2, 0.25) is 0 Å². The number of benzene rings is 2. The Labute approximate surface area is 141 Å². The fourth-order valence-corrected chi connectivity index (χ4v) is 2.36. The molecule has 122 valence electrons.